The van der Waals surface area contributed by atoms with Crippen LogP contribution in [0.1, 0.15) is 45.4 Å². The van der Waals surface area contributed by atoms with E-state index < -0.39 is 0 Å². The molecule has 1 aromatic heterocycles. The van der Waals surface area contributed by atoms with Gasteiger partial charge in [0.2, 0.25) is 0 Å². The first-order valence-corrected chi connectivity index (χ1v) is 6.87. The van der Waals surface area contributed by atoms with Gasteiger partial charge in [0, 0.05) is 6.54 Å². The summed E-state index contributed by atoms with van der Waals surface area (Å²) in [6, 6.07) is 5.89. The van der Waals surface area contributed by atoms with Crippen molar-refractivity contribution >= 4 is 16.7 Å². The van der Waals surface area contributed by atoms with E-state index >= 15 is 0 Å². The van der Waals surface area contributed by atoms with Crippen LogP contribution in [0.4, 0.5) is 5.69 Å². The summed E-state index contributed by atoms with van der Waals surface area (Å²) in [5.41, 5.74) is 2.65. The first-order valence-electron chi connectivity index (χ1n) is 6.87. The summed E-state index contributed by atoms with van der Waals surface area (Å²) < 4.78 is 4.74. The minimum absolute atomic E-state index is 0.808. The van der Waals surface area contributed by atoms with Crippen molar-refractivity contribution in [2.75, 3.05) is 11.9 Å². The average Bonchev–Trinajstić information content (AvgIpc) is 2.86. The van der Waals surface area contributed by atoms with Crippen molar-refractivity contribution in [3.63, 3.8) is 0 Å². The van der Waals surface area contributed by atoms with Gasteiger partial charge in [0.25, 0.3) is 0 Å². The van der Waals surface area contributed by atoms with Gasteiger partial charge in [0.15, 0.2) is 5.52 Å². The molecule has 4 nitrogen and oxygen atoms in total. The van der Waals surface area contributed by atoms with Gasteiger partial charge in [-0.3, -0.25) is 0 Å². The van der Waals surface area contributed by atoms with E-state index in [1.807, 2.05) is 18.2 Å². The second-order valence-electron chi connectivity index (χ2n) is 4.63. The number of benzene rings is 1. The Morgan fingerprint density at radius 2 is 1.89 bits per heavy atom. The zero-order valence-electron chi connectivity index (χ0n) is 11.0. The van der Waals surface area contributed by atoms with Crippen molar-refractivity contribution in [1.82, 2.24) is 10.3 Å². The van der Waals surface area contributed by atoms with Crippen LogP contribution < -0.4 is 5.32 Å². The normalized spacial score (nSPS) is 10.9. The Hall–Kier alpha value is -1.58. The quantitative estimate of drug-likeness (QED) is 0.716. The second kappa shape index (κ2) is 6.99. The molecule has 0 bridgehead atoms. The summed E-state index contributed by atoms with van der Waals surface area (Å²) in [7, 11) is 0. The topological polar surface area (TPSA) is 51.0 Å². The summed E-state index contributed by atoms with van der Waals surface area (Å²) in [6.45, 7) is 3.23. The lowest BCUT2D eigenvalue weighted by molar-refractivity contribution is 0.315. The molecule has 0 aliphatic heterocycles. The highest BCUT2D eigenvalue weighted by Gasteiger charge is 2.04. The smallest absolute Gasteiger partial charge is 0.158 e. The van der Waals surface area contributed by atoms with Crippen LogP contribution >= 0.6 is 0 Å². The summed E-state index contributed by atoms with van der Waals surface area (Å²) in [5, 5.41) is 11.1. The summed E-state index contributed by atoms with van der Waals surface area (Å²) in [4.78, 5) is 0. The predicted octanol–water partition coefficient (Wildman–Crippen LogP) is 4.00. The molecule has 1 aromatic carbocycles. The van der Waals surface area contributed by atoms with Gasteiger partial charge in [-0.15, -0.1) is 0 Å². The van der Waals surface area contributed by atoms with Gasteiger partial charge in [-0.1, -0.05) is 45.1 Å². The molecule has 0 fully saturated rings. The SMILES string of the molecule is CCCCCCCCNc1cccc2nonc12. The van der Waals surface area contributed by atoms with Crippen molar-refractivity contribution in [2.45, 2.75) is 45.4 Å². The standard InChI is InChI=1S/C14H21N3O/c1-2-3-4-5-6-7-11-15-12-9-8-10-13-14(12)17-18-16-13/h8-10,15H,2-7,11H2,1H3. The van der Waals surface area contributed by atoms with Crippen LogP contribution in [0.25, 0.3) is 11.0 Å². The third-order valence-electron chi connectivity index (χ3n) is 3.13. The van der Waals surface area contributed by atoms with E-state index in [0.29, 0.717) is 0 Å². The van der Waals surface area contributed by atoms with Gasteiger partial charge < -0.3 is 5.32 Å². The Morgan fingerprint density at radius 3 is 2.78 bits per heavy atom. The maximum Gasteiger partial charge on any atom is 0.158 e. The lowest BCUT2D eigenvalue weighted by Crippen LogP contribution is -2.01. The monoisotopic (exact) mass is 247 g/mol. The summed E-state index contributed by atoms with van der Waals surface area (Å²) in [6.07, 6.45) is 7.85. The lowest BCUT2D eigenvalue weighted by atomic mass is 10.1. The highest BCUT2D eigenvalue weighted by Crippen LogP contribution is 2.19. The van der Waals surface area contributed by atoms with Crippen LogP contribution in [0.2, 0.25) is 0 Å². The molecule has 0 aliphatic rings. The first kappa shape index (κ1) is 12.9. The molecule has 0 spiro atoms. The fourth-order valence-electron chi connectivity index (χ4n) is 2.08. The molecule has 2 rings (SSSR count). The molecular formula is C14H21N3O. The number of nitrogens with one attached hydrogen (secondary N) is 1. The van der Waals surface area contributed by atoms with Gasteiger partial charge in [0.1, 0.15) is 5.52 Å². The second-order valence-corrected chi connectivity index (χ2v) is 4.63. The molecule has 18 heavy (non-hydrogen) atoms. The molecule has 0 amide bonds. The molecule has 2 aromatic rings. The van der Waals surface area contributed by atoms with Crippen LogP contribution in [-0.2, 0) is 0 Å². The molecule has 1 heterocycles. The highest BCUT2D eigenvalue weighted by molar-refractivity contribution is 5.86. The lowest BCUT2D eigenvalue weighted by Gasteiger charge is -2.05. The third kappa shape index (κ3) is 3.45. The van der Waals surface area contributed by atoms with Crippen LogP contribution in [-0.4, -0.2) is 16.9 Å². The van der Waals surface area contributed by atoms with E-state index in [-0.39, 0.29) is 0 Å². The molecule has 0 saturated carbocycles. The van der Waals surface area contributed by atoms with Crippen molar-refractivity contribution < 1.29 is 4.63 Å². The van der Waals surface area contributed by atoms with E-state index in [9.17, 15) is 0 Å². The average molecular weight is 247 g/mol. The number of hydrogen-bond acceptors (Lipinski definition) is 4. The minimum atomic E-state index is 0.808. The molecule has 1 N–H and O–H groups in total. The zero-order valence-corrected chi connectivity index (χ0v) is 11.0. The largest absolute Gasteiger partial charge is 0.383 e. The number of rotatable bonds is 8. The maximum absolute atomic E-state index is 4.74. The van der Waals surface area contributed by atoms with Crippen molar-refractivity contribution in [3.05, 3.63) is 18.2 Å². The van der Waals surface area contributed by atoms with Crippen LogP contribution in [0.5, 0.6) is 0 Å². The molecule has 98 valence electrons. The number of aromatic nitrogens is 2. The van der Waals surface area contributed by atoms with E-state index in [0.717, 1.165) is 23.3 Å². The van der Waals surface area contributed by atoms with Gasteiger partial charge in [-0.05, 0) is 28.9 Å². The summed E-state index contributed by atoms with van der Waals surface area (Å²) in [5.74, 6) is 0. The molecule has 0 atom stereocenters. The predicted molar refractivity (Wildman–Crippen MR) is 73.7 cm³/mol. The van der Waals surface area contributed by atoms with Gasteiger partial charge in [0.05, 0.1) is 5.69 Å². The fourth-order valence-corrected chi connectivity index (χ4v) is 2.08. The number of anilines is 1. The van der Waals surface area contributed by atoms with Crippen LogP contribution in [0, 0.1) is 0 Å². The molecule has 0 aliphatic carbocycles. The molecule has 0 unspecified atom stereocenters. The molecular weight excluding hydrogens is 226 g/mol. The van der Waals surface area contributed by atoms with E-state index in [2.05, 4.69) is 22.6 Å². The zero-order chi connectivity index (χ0) is 12.6. The minimum Gasteiger partial charge on any atom is -0.383 e. The Morgan fingerprint density at radius 1 is 1.06 bits per heavy atom. The fraction of sp³-hybridized carbons (Fsp3) is 0.571. The number of hydrogen-bond donors (Lipinski definition) is 1. The highest BCUT2D eigenvalue weighted by atomic mass is 16.6. The van der Waals surface area contributed by atoms with E-state index in [1.165, 1.54) is 38.5 Å². The van der Waals surface area contributed by atoms with Gasteiger partial charge in [-0.25, -0.2) is 4.63 Å². The van der Waals surface area contributed by atoms with E-state index in [1.54, 1.807) is 0 Å². The Labute approximate surface area is 108 Å². The first-order chi connectivity index (χ1) is 8.92. The van der Waals surface area contributed by atoms with Crippen LogP contribution in [0.3, 0.4) is 0 Å². The number of fused-ring (bicyclic) bond motifs is 1. The van der Waals surface area contributed by atoms with Crippen LogP contribution in [0.15, 0.2) is 22.8 Å². The van der Waals surface area contributed by atoms with Crippen molar-refractivity contribution in [2.24, 2.45) is 0 Å². The third-order valence-corrected chi connectivity index (χ3v) is 3.13. The maximum atomic E-state index is 4.74. The van der Waals surface area contributed by atoms with Crippen molar-refractivity contribution in [1.29, 1.82) is 0 Å². The number of nitrogens with zero attached hydrogens (tertiary/aromatic N) is 2. The van der Waals surface area contributed by atoms with Crippen molar-refractivity contribution in [3.8, 4) is 0 Å². The Balaban J connectivity index is 1.72. The Kier molecular flexibility index (Phi) is 5.00. The summed E-state index contributed by atoms with van der Waals surface area (Å²) >= 11 is 0. The van der Waals surface area contributed by atoms with Gasteiger partial charge >= 0.3 is 0 Å². The van der Waals surface area contributed by atoms with E-state index in [4.69, 9.17) is 4.63 Å². The molecule has 4 heteroatoms. The molecule has 0 saturated heterocycles. The Bertz CT molecular complexity index is 467. The number of unbranched alkanes of at least 4 members (excludes halogenated alkanes) is 5. The van der Waals surface area contributed by atoms with Gasteiger partial charge in [-0.2, -0.15) is 0 Å². The molecule has 0 radical (unpaired) electrons.